The monoisotopic (exact) mass is 363 g/mol. The molecular weight excluding hydrogens is 341 g/mol. The quantitative estimate of drug-likeness (QED) is 0.322. The molecule has 0 radical (unpaired) electrons. The molecule has 0 aliphatic heterocycles. The Balaban J connectivity index is 2.34. The van der Waals surface area contributed by atoms with E-state index < -0.39 is 18.2 Å². The largest absolute Gasteiger partial charge is 0.424 e. The maximum absolute atomic E-state index is 13.5. The summed E-state index contributed by atoms with van der Waals surface area (Å²) in [5.74, 6) is 0.291. The van der Waals surface area contributed by atoms with Crippen LogP contribution in [0, 0.1) is 10.1 Å². The first-order chi connectivity index (χ1) is 12.0. The van der Waals surface area contributed by atoms with Crippen LogP contribution in [-0.4, -0.2) is 11.5 Å². The zero-order chi connectivity index (χ0) is 18.3. The van der Waals surface area contributed by atoms with E-state index in [1.54, 1.807) is 6.92 Å². The number of hydrogen-bond acceptors (Lipinski definition) is 5. The van der Waals surface area contributed by atoms with E-state index in [0.29, 0.717) is 12.2 Å². The first kappa shape index (κ1) is 19.2. The van der Waals surface area contributed by atoms with E-state index in [9.17, 15) is 14.7 Å². The van der Waals surface area contributed by atoms with Gasteiger partial charge in [0, 0.05) is 12.1 Å². The van der Waals surface area contributed by atoms with Crippen molar-refractivity contribution in [2.75, 3.05) is 6.61 Å². The summed E-state index contributed by atoms with van der Waals surface area (Å²) in [6.45, 7) is 4.02. The number of nitro benzene ring substituents is 1. The summed E-state index contributed by atoms with van der Waals surface area (Å²) in [7, 11) is -3.50. The van der Waals surface area contributed by atoms with Crippen molar-refractivity contribution in [1.82, 2.24) is 0 Å². The zero-order valence-electron chi connectivity index (χ0n) is 14.3. The number of nitro groups is 1. The van der Waals surface area contributed by atoms with E-state index in [-0.39, 0.29) is 12.3 Å². The average molecular weight is 363 g/mol. The number of non-ortho nitro benzene ring substituents is 1. The van der Waals surface area contributed by atoms with Gasteiger partial charge in [0.05, 0.1) is 17.2 Å². The Morgan fingerprint density at radius 2 is 1.72 bits per heavy atom. The fourth-order valence-electron chi connectivity index (χ4n) is 2.59. The van der Waals surface area contributed by atoms with Gasteiger partial charge in [0.25, 0.3) is 5.69 Å². The van der Waals surface area contributed by atoms with Gasteiger partial charge >= 0.3 is 7.60 Å². The summed E-state index contributed by atoms with van der Waals surface area (Å²) in [4.78, 5) is 10.3. The molecular formula is C18H22NO5P. The third-order valence-electron chi connectivity index (χ3n) is 3.72. The SMILES string of the molecule is CCCC(c1ccccc1)P(=O)(OCC)Oc1ccc([N+](=O)[O-])cc1. The molecule has 134 valence electrons. The number of rotatable bonds is 9. The normalized spacial score (nSPS) is 14.5. The summed E-state index contributed by atoms with van der Waals surface area (Å²) in [6, 6.07) is 15.0. The number of nitrogens with zero attached hydrogens (tertiary/aromatic N) is 1. The van der Waals surface area contributed by atoms with Crippen LogP contribution in [0.2, 0.25) is 0 Å². The maximum atomic E-state index is 13.5. The Kier molecular flexibility index (Phi) is 6.73. The fourth-order valence-corrected chi connectivity index (χ4v) is 4.84. The lowest BCUT2D eigenvalue weighted by molar-refractivity contribution is -0.384. The van der Waals surface area contributed by atoms with Crippen LogP contribution in [0.1, 0.15) is 37.9 Å². The van der Waals surface area contributed by atoms with Crippen LogP contribution in [0.25, 0.3) is 0 Å². The Morgan fingerprint density at radius 1 is 1.08 bits per heavy atom. The highest BCUT2D eigenvalue weighted by Crippen LogP contribution is 2.62. The summed E-state index contributed by atoms with van der Waals surface area (Å²) in [5, 5.41) is 10.8. The summed E-state index contributed by atoms with van der Waals surface area (Å²) in [6.07, 6.45) is 1.47. The first-order valence-electron chi connectivity index (χ1n) is 8.23. The second-order valence-electron chi connectivity index (χ2n) is 5.52. The van der Waals surface area contributed by atoms with Crippen molar-refractivity contribution < 1.29 is 18.5 Å². The molecule has 0 saturated carbocycles. The average Bonchev–Trinajstić information content (AvgIpc) is 2.61. The van der Waals surface area contributed by atoms with E-state index in [4.69, 9.17) is 9.05 Å². The van der Waals surface area contributed by atoms with E-state index in [0.717, 1.165) is 12.0 Å². The third-order valence-corrected chi connectivity index (χ3v) is 6.12. The summed E-state index contributed by atoms with van der Waals surface area (Å²) in [5.41, 5.74) is 0.448. The molecule has 2 rings (SSSR count). The molecule has 0 amide bonds. The number of hydrogen-bond donors (Lipinski definition) is 0. The fraction of sp³-hybridized carbons (Fsp3) is 0.333. The molecule has 2 aromatic rings. The molecule has 0 aliphatic rings. The van der Waals surface area contributed by atoms with Gasteiger partial charge in [0.1, 0.15) is 5.75 Å². The second-order valence-corrected chi connectivity index (χ2v) is 7.66. The van der Waals surface area contributed by atoms with E-state index >= 15 is 0 Å². The van der Waals surface area contributed by atoms with Gasteiger partial charge in [-0.05, 0) is 31.0 Å². The molecule has 0 spiro atoms. The molecule has 0 fully saturated rings. The zero-order valence-corrected chi connectivity index (χ0v) is 15.2. The predicted octanol–water partition coefficient (Wildman–Crippen LogP) is 5.74. The lowest BCUT2D eigenvalue weighted by Gasteiger charge is -2.27. The standard InChI is InChI=1S/C18H22NO5P/c1-3-8-18(15-9-6-5-7-10-15)25(22,23-4-2)24-17-13-11-16(12-14-17)19(20)21/h5-7,9-14,18H,3-4,8H2,1-2H3. The van der Waals surface area contributed by atoms with Crippen molar-refractivity contribution in [2.24, 2.45) is 0 Å². The van der Waals surface area contributed by atoms with Gasteiger partial charge < -0.3 is 4.52 Å². The maximum Gasteiger partial charge on any atom is 0.386 e. The number of benzene rings is 2. The van der Waals surface area contributed by atoms with Crippen molar-refractivity contribution in [3.63, 3.8) is 0 Å². The van der Waals surface area contributed by atoms with Gasteiger partial charge in [0.15, 0.2) is 0 Å². The van der Waals surface area contributed by atoms with Crippen LogP contribution in [0.4, 0.5) is 5.69 Å². The van der Waals surface area contributed by atoms with Crippen molar-refractivity contribution in [2.45, 2.75) is 32.3 Å². The Morgan fingerprint density at radius 3 is 2.24 bits per heavy atom. The Hall–Kier alpha value is -2.17. The third kappa shape index (κ3) is 4.91. The van der Waals surface area contributed by atoms with Crippen molar-refractivity contribution in [3.05, 3.63) is 70.3 Å². The van der Waals surface area contributed by atoms with Gasteiger partial charge in [-0.15, -0.1) is 0 Å². The highest BCUT2D eigenvalue weighted by Gasteiger charge is 2.37. The van der Waals surface area contributed by atoms with Crippen LogP contribution in [0.5, 0.6) is 5.75 Å². The van der Waals surface area contributed by atoms with Gasteiger partial charge in [-0.3, -0.25) is 14.6 Å². The molecule has 2 aromatic carbocycles. The highest BCUT2D eigenvalue weighted by atomic mass is 31.2. The van der Waals surface area contributed by atoms with Crippen molar-refractivity contribution >= 4 is 13.3 Å². The van der Waals surface area contributed by atoms with Gasteiger partial charge in [0.2, 0.25) is 0 Å². The molecule has 25 heavy (non-hydrogen) atoms. The van der Waals surface area contributed by atoms with Crippen LogP contribution in [-0.2, 0) is 9.09 Å². The molecule has 0 saturated heterocycles. The smallest absolute Gasteiger partial charge is 0.386 e. The molecule has 7 heteroatoms. The molecule has 2 atom stereocenters. The second kappa shape index (κ2) is 8.79. The van der Waals surface area contributed by atoms with E-state index in [1.165, 1.54) is 24.3 Å². The van der Waals surface area contributed by atoms with E-state index in [2.05, 4.69) is 0 Å². The lowest BCUT2D eigenvalue weighted by atomic mass is 10.1. The summed E-state index contributed by atoms with van der Waals surface area (Å²) >= 11 is 0. The van der Waals surface area contributed by atoms with Crippen LogP contribution in [0.3, 0.4) is 0 Å². The molecule has 0 aromatic heterocycles. The highest BCUT2D eigenvalue weighted by molar-refractivity contribution is 7.54. The molecule has 2 unspecified atom stereocenters. The molecule has 0 bridgehead atoms. The van der Waals surface area contributed by atoms with Crippen molar-refractivity contribution in [1.29, 1.82) is 0 Å². The summed E-state index contributed by atoms with van der Waals surface area (Å²) < 4.78 is 24.9. The molecule has 6 nitrogen and oxygen atoms in total. The molecule has 0 N–H and O–H groups in total. The molecule has 0 aliphatic carbocycles. The van der Waals surface area contributed by atoms with Gasteiger partial charge in [-0.2, -0.15) is 0 Å². The Bertz CT molecular complexity index is 733. The van der Waals surface area contributed by atoms with Crippen LogP contribution >= 0.6 is 7.60 Å². The van der Waals surface area contributed by atoms with Gasteiger partial charge in [-0.25, -0.2) is 4.57 Å². The predicted molar refractivity (Wildman–Crippen MR) is 97.0 cm³/mol. The minimum Gasteiger partial charge on any atom is -0.424 e. The van der Waals surface area contributed by atoms with Gasteiger partial charge in [-0.1, -0.05) is 43.7 Å². The lowest BCUT2D eigenvalue weighted by Crippen LogP contribution is -2.09. The molecule has 0 heterocycles. The topological polar surface area (TPSA) is 78.7 Å². The Labute approximate surface area is 147 Å². The van der Waals surface area contributed by atoms with Crippen molar-refractivity contribution in [3.8, 4) is 5.75 Å². The minimum absolute atomic E-state index is 0.0493. The van der Waals surface area contributed by atoms with Crippen LogP contribution in [0.15, 0.2) is 54.6 Å². The van der Waals surface area contributed by atoms with Crippen LogP contribution < -0.4 is 4.52 Å². The minimum atomic E-state index is -3.50. The van der Waals surface area contributed by atoms with E-state index in [1.807, 2.05) is 37.3 Å². The first-order valence-corrected chi connectivity index (χ1v) is 9.84.